The van der Waals surface area contributed by atoms with Gasteiger partial charge in [0.1, 0.15) is 0 Å². The maximum Gasteiger partial charge on any atom is 0.258 e. The summed E-state index contributed by atoms with van der Waals surface area (Å²) in [5, 5.41) is 3.44. The molecule has 72 valence electrons. The summed E-state index contributed by atoms with van der Waals surface area (Å²) in [5.74, 6) is 0.670. The molecule has 1 heterocycles. The van der Waals surface area contributed by atoms with Gasteiger partial charge in [0.05, 0.1) is 10.8 Å². The summed E-state index contributed by atoms with van der Waals surface area (Å²) in [6, 6.07) is 7.40. The van der Waals surface area contributed by atoms with Gasteiger partial charge < -0.3 is 5.32 Å². The van der Waals surface area contributed by atoms with Crippen LogP contribution in [-0.2, 0) is 4.79 Å². The number of rotatable bonds is 1. The van der Waals surface area contributed by atoms with Gasteiger partial charge in [0, 0.05) is 5.02 Å². The predicted octanol–water partition coefficient (Wildman–Crippen LogP) is 2.50. The lowest BCUT2D eigenvalue weighted by Crippen LogP contribution is -2.13. The summed E-state index contributed by atoms with van der Waals surface area (Å²) >= 11 is 7.27. The minimum Gasteiger partial charge on any atom is -0.342 e. The van der Waals surface area contributed by atoms with Crippen molar-refractivity contribution in [1.82, 2.24) is 5.32 Å². The van der Waals surface area contributed by atoms with Gasteiger partial charge in [0.15, 0.2) is 0 Å². The van der Waals surface area contributed by atoms with Crippen LogP contribution in [-0.4, -0.2) is 11.8 Å². The van der Waals surface area contributed by atoms with Gasteiger partial charge in [-0.2, -0.15) is 0 Å². The first-order valence-corrected chi connectivity index (χ1v) is 5.50. The fraction of sp³-hybridized carbons (Fsp3) is 0.100. The van der Waals surface area contributed by atoms with Crippen molar-refractivity contribution in [3.8, 4) is 0 Å². The molecule has 1 fully saturated rings. The van der Waals surface area contributed by atoms with Crippen molar-refractivity contribution in [2.45, 2.75) is 0 Å². The number of carbonyl (C=O) groups is 1. The smallest absolute Gasteiger partial charge is 0.258 e. The van der Waals surface area contributed by atoms with Crippen molar-refractivity contribution in [2.24, 2.45) is 0 Å². The van der Waals surface area contributed by atoms with E-state index in [1.165, 1.54) is 11.8 Å². The number of amides is 1. The molecule has 1 N–H and O–H groups in total. The SMILES string of the molecule is O=C1NCSC1=Cc1ccc(Cl)cc1. The van der Waals surface area contributed by atoms with Crippen LogP contribution in [0.2, 0.25) is 5.02 Å². The fourth-order valence-corrected chi connectivity index (χ4v) is 2.06. The quantitative estimate of drug-likeness (QED) is 0.745. The van der Waals surface area contributed by atoms with Crippen LogP contribution in [0.1, 0.15) is 5.56 Å². The average Bonchev–Trinajstić information content (AvgIpc) is 2.56. The Hall–Kier alpha value is -0.930. The molecule has 0 spiro atoms. The monoisotopic (exact) mass is 225 g/mol. The molecule has 0 aliphatic carbocycles. The largest absolute Gasteiger partial charge is 0.342 e. The number of hydrogen-bond acceptors (Lipinski definition) is 2. The average molecular weight is 226 g/mol. The minimum absolute atomic E-state index is 0.00458. The first-order chi connectivity index (χ1) is 6.75. The second kappa shape index (κ2) is 4.07. The molecule has 1 saturated heterocycles. The van der Waals surface area contributed by atoms with Crippen LogP contribution < -0.4 is 5.32 Å². The molecule has 1 amide bonds. The van der Waals surface area contributed by atoms with Gasteiger partial charge in [-0.1, -0.05) is 35.5 Å². The van der Waals surface area contributed by atoms with Crippen molar-refractivity contribution >= 4 is 35.3 Å². The first-order valence-electron chi connectivity index (χ1n) is 4.14. The molecule has 1 aliphatic heterocycles. The fourth-order valence-electron chi connectivity index (χ4n) is 1.15. The van der Waals surface area contributed by atoms with E-state index in [1.807, 2.05) is 30.3 Å². The molecule has 2 nitrogen and oxygen atoms in total. The topological polar surface area (TPSA) is 29.1 Å². The normalized spacial score (nSPS) is 18.6. The molecule has 1 aliphatic rings. The van der Waals surface area contributed by atoms with E-state index in [9.17, 15) is 4.79 Å². The lowest BCUT2D eigenvalue weighted by molar-refractivity contribution is -0.116. The highest BCUT2D eigenvalue weighted by molar-refractivity contribution is 8.04. The zero-order chi connectivity index (χ0) is 9.97. The molecule has 1 aromatic carbocycles. The number of benzene rings is 1. The van der Waals surface area contributed by atoms with Crippen LogP contribution in [0.4, 0.5) is 0 Å². The number of carbonyl (C=O) groups excluding carboxylic acids is 1. The Morgan fingerprint density at radius 1 is 1.36 bits per heavy atom. The molecule has 0 radical (unpaired) electrons. The van der Waals surface area contributed by atoms with Gasteiger partial charge in [-0.05, 0) is 23.8 Å². The molecular weight excluding hydrogens is 218 g/mol. The van der Waals surface area contributed by atoms with Crippen molar-refractivity contribution in [2.75, 3.05) is 5.88 Å². The van der Waals surface area contributed by atoms with E-state index < -0.39 is 0 Å². The lowest BCUT2D eigenvalue weighted by Gasteiger charge is -1.95. The van der Waals surface area contributed by atoms with Gasteiger partial charge in [-0.25, -0.2) is 0 Å². The minimum atomic E-state index is 0.00458. The summed E-state index contributed by atoms with van der Waals surface area (Å²) in [5.41, 5.74) is 0.994. The molecular formula is C10H8ClNOS. The molecule has 0 atom stereocenters. The highest BCUT2D eigenvalue weighted by Gasteiger charge is 2.16. The van der Waals surface area contributed by atoms with Crippen LogP contribution in [0.5, 0.6) is 0 Å². The number of thioether (sulfide) groups is 1. The maximum absolute atomic E-state index is 11.2. The van der Waals surface area contributed by atoms with Crippen molar-refractivity contribution in [1.29, 1.82) is 0 Å². The highest BCUT2D eigenvalue weighted by Crippen LogP contribution is 2.23. The second-order valence-electron chi connectivity index (χ2n) is 2.85. The summed E-state index contributed by atoms with van der Waals surface area (Å²) in [7, 11) is 0. The van der Waals surface area contributed by atoms with E-state index in [0.717, 1.165) is 10.5 Å². The maximum atomic E-state index is 11.2. The molecule has 4 heteroatoms. The second-order valence-corrected chi connectivity index (χ2v) is 4.31. The first kappa shape index (κ1) is 9.62. The standard InChI is InChI=1S/C10H8ClNOS/c11-8-3-1-7(2-4-8)5-9-10(13)12-6-14-9/h1-5H,6H2,(H,12,13). The molecule has 0 bridgehead atoms. The van der Waals surface area contributed by atoms with E-state index in [2.05, 4.69) is 5.32 Å². The van der Waals surface area contributed by atoms with Crippen LogP contribution in [0, 0.1) is 0 Å². The third-order valence-electron chi connectivity index (χ3n) is 1.85. The van der Waals surface area contributed by atoms with Gasteiger partial charge in [0.25, 0.3) is 5.91 Å². The zero-order valence-electron chi connectivity index (χ0n) is 7.29. The summed E-state index contributed by atoms with van der Waals surface area (Å²) in [6.45, 7) is 0. The van der Waals surface area contributed by atoms with Crippen LogP contribution in [0.15, 0.2) is 29.2 Å². The van der Waals surface area contributed by atoms with Crippen molar-refractivity contribution < 1.29 is 4.79 Å². The van der Waals surface area contributed by atoms with Gasteiger partial charge in [-0.15, -0.1) is 0 Å². The molecule has 0 unspecified atom stereocenters. The van der Waals surface area contributed by atoms with Crippen LogP contribution in [0.25, 0.3) is 6.08 Å². The van der Waals surface area contributed by atoms with E-state index in [-0.39, 0.29) is 5.91 Å². The Morgan fingerprint density at radius 2 is 2.07 bits per heavy atom. The molecule has 14 heavy (non-hydrogen) atoms. The predicted molar refractivity (Wildman–Crippen MR) is 60.0 cm³/mol. The number of hydrogen-bond donors (Lipinski definition) is 1. The molecule has 2 rings (SSSR count). The third kappa shape index (κ3) is 2.11. The number of nitrogens with one attached hydrogen (secondary N) is 1. The molecule has 0 saturated carbocycles. The van der Waals surface area contributed by atoms with E-state index in [0.29, 0.717) is 10.9 Å². The molecule has 1 aromatic rings. The van der Waals surface area contributed by atoms with E-state index >= 15 is 0 Å². The molecule has 0 aromatic heterocycles. The van der Waals surface area contributed by atoms with Crippen LogP contribution in [0.3, 0.4) is 0 Å². The Morgan fingerprint density at radius 3 is 2.64 bits per heavy atom. The van der Waals surface area contributed by atoms with Crippen molar-refractivity contribution in [3.05, 3.63) is 39.8 Å². The Bertz CT molecular complexity index is 386. The van der Waals surface area contributed by atoms with Gasteiger partial charge in [0.2, 0.25) is 0 Å². The van der Waals surface area contributed by atoms with E-state index in [4.69, 9.17) is 11.6 Å². The Balaban J connectivity index is 2.24. The number of halogens is 1. The summed E-state index contributed by atoms with van der Waals surface area (Å²) in [6.07, 6.45) is 1.86. The Kier molecular flexibility index (Phi) is 2.79. The summed E-state index contributed by atoms with van der Waals surface area (Å²) in [4.78, 5) is 12.0. The van der Waals surface area contributed by atoms with Gasteiger partial charge >= 0.3 is 0 Å². The third-order valence-corrected chi connectivity index (χ3v) is 3.01. The zero-order valence-corrected chi connectivity index (χ0v) is 8.86. The lowest BCUT2D eigenvalue weighted by atomic mass is 10.2. The van der Waals surface area contributed by atoms with Crippen molar-refractivity contribution in [3.63, 3.8) is 0 Å². The van der Waals surface area contributed by atoms with Crippen LogP contribution >= 0.6 is 23.4 Å². The summed E-state index contributed by atoms with van der Waals surface area (Å²) < 4.78 is 0. The van der Waals surface area contributed by atoms with E-state index in [1.54, 1.807) is 0 Å². The Labute approximate surface area is 91.3 Å². The van der Waals surface area contributed by atoms with Gasteiger partial charge in [-0.3, -0.25) is 4.79 Å². The highest BCUT2D eigenvalue weighted by atomic mass is 35.5.